The molecule has 0 aliphatic heterocycles. The Morgan fingerprint density at radius 3 is 2.25 bits per heavy atom. The van der Waals surface area contributed by atoms with Gasteiger partial charge in [-0.05, 0) is 18.2 Å². The van der Waals surface area contributed by atoms with Gasteiger partial charge >= 0.3 is 0 Å². The van der Waals surface area contributed by atoms with E-state index in [0.717, 1.165) is 0 Å². The molecule has 0 aliphatic rings. The van der Waals surface area contributed by atoms with Gasteiger partial charge in [0.1, 0.15) is 23.1 Å². The Balaban J connectivity index is 2.11. The van der Waals surface area contributed by atoms with Gasteiger partial charge in [0, 0.05) is 12.4 Å². The van der Waals surface area contributed by atoms with Gasteiger partial charge in [0.15, 0.2) is 0 Å². The molecule has 0 amide bonds. The molecule has 3 nitrogen and oxygen atoms in total. The third-order valence-electron chi connectivity index (χ3n) is 2.01. The van der Waals surface area contributed by atoms with E-state index >= 15 is 0 Å². The Morgan fingerprint density at radius 1 is 1.00 bits per heavy atom. The molecule has 0 unspecified atom stereocenters. The van der Waals surface area contributed by atoms with Crippen molar-refractivity contribution in [2.45, 2.75) is 6.54 Å². The van der Waals surface area contributed by atoms with E-state index in [1.807, 2.05) is 0 Å². The first-order valence-corrected chi connectivity index (χ1v) is 4.71. The molecule has 0 spiro atoms. The summed E-state index contributed by atoms with van der Waals surface area (Å²) < 4.78 is 26.4. The van der Waals surface area contributed by atoms with Gasteiger partial charge in [0.25, 0.3) is 0 Å². The maximum atomic E-state index is 13.2. The minimum Gasteiger partial charge on any atom is -0.373 e. The normalized spacial score (nSPS) is 10.1. The quantitative estimate of drug-likeness (QED) is 0.864. The summed E-state index contributed by atoms with van der Waals surface area (Å²) in [6, 6.07) is 5.37. The topological polar surface area (TPSA) is 37.8 Å². The molecular weight excluding hydrogens is 212 g/mol. The Labute approximate surface area is 91.2 Å². The molecular formula is C11H9F2N3. The van der Waals surface area contributed by atoms with Crippen LogP contribution >= 0.6 is 0 Å². The van der Waals surface area contributed by atoms with Crippen LogP contribution in [0.5, 0.6) is 0 Å². The first-order valence-electron chi connectivity index (χ1n) is 4.71. The first-order chi connectivity index (χ1) is 7.77. The van der Waals surface area contributed by atoms with Gasteiger partial charge in [0.2, 0.25) is 0 Å². The smallest absolute Gasteiger partial charge is 0.149 e. The molecule has 16 heavy (non-hydrogen) atoms. The zero-order valence-corrected chi connectivity index (χ0v) is 8.32. The number of aromatic nitrogens is 2. The molecule has 0 aliphatic carbocycles. The summed E-state index contributed by atoms with van der Waals surface area (Å²) in [6.45, 7) is 0.179. The van der Waals surface area contributed by atoms with Gasteiger partial charge in [-0.3, -0.25) is 0 Å². The Morgan fingerprint density at radius 2 is 1.62 bits per heavy atom. The van der Waals surface area contributed by atoms with Crippen LogP contribution in [0, 0.1) is 11.6 Å². The van der Waals surface area contributed by atoms with E-state index < -0.39 is 11.6 Å². The fraction of sp³-hybridized carbons (Fsp3) is 0.0909. The van der Waals surface area contributed by atoms with Crippen molar-refractivity contribution in [3.05, 3.63) is 54.1 Å². The number of nitrogens with zero attached hydrogens (tertiary/aromatic N) is 2. The standard InChI is InChI=1S/C11H9F2N3/c12-8-3-1-4-9(13)11(8)16-7-10-14-5-2-6-15-10/h1-6,16H,7H2. The Bertz CT molecular complexity index is 454. The van der Waals surface area contributed by atoms with Crippen molar-refractivity contribution in [1.29, 1.82) is 0 Å². The number of para-hydroxylation sites is 1. The lowest BCUT2D eigenvalue weighted by molar-refractivity contribution is 0.587. The molecule has 2 rings (SSSR count). The van der Waals surface area contributed by atoms with Crippen LogP contribution in [0.3, 0.4) is 0 Å². The minimum absolute atomic E-state index is 0.157. The van der Waals surface area contributed by atoms with Gasteiger partial charge in [0.05, 0.1) is 6.54 Å². The fourth-order valence-corrected chi connectivity index (χ4v) is 1.26. The second kappa shape index (κ2) is 4.65. The van der Waals surface area contributed by atoms with Gasteiger partial charge in [-0.15, -0.1) is 0 Å². The van der Waals surface area contributed by atoms with E-state index in [4.69, 9.17) is 0 Å². The predicted molar refractivity (Wildman–Crippen MR) is 55.7 cm³/mol. The molecule has 0 atom stereocenters. The predicted octanol–water partition coefficient (Wildman–Crippen LogP) is 2.37. The van der Waals surface area contributed by atoms with Crippen LogP contribution in [-0.2, 0) is 6.54 Å². The number of anilines is 1. The zero-order chi connectivity index (χ0) is 11.4. The summed E-state index contributed by atoms with van der Waals surface area (Å²) in [6.07, 6.45) is 3.14. The second-order valence-corrected chi connectivity index (χ2v) is 3.12. The number of hydrogen-bond acceptors (Lipinski definition) is 3. The molecule has 1 N–H and O–H groups in total. The number of halogens is 2. The molecule has 0 bridgehead atoms. The van der Waals surface area contributed by atoms with Crippen molar-refractivity contribution >= 4 is 5.69 Å². The molecule has 1 heterocycles. The minimum atomic E-state index is -0.629. The second-order valence-electron chi connectivity index (χ2n) is 3.12. The molecule has 82 valence electrons. The maximum absolute atomic E-state index is 13.2. The average molecular weight is 221 g/mol. The molecule has 0 saturated carbocycles. The molecule has 0 radical (unpaired) electrons. The van der Waals surface area contributed by atoms with E-state index in [9.17, 15) is 8.78 Å². The highest BCUT2D eigenvalue weighted by Gasteiger charge is 2.07. The van der Waals surface area contributed by atoms with Crippen LogP contribution in [0.4, 0.5) is 14.5 Å². The lowest BCUT2D eigenvalue weighted by atomic mass is 10.3. The van der Waals surface area contributed by atoms with Crippen LogP contribution in [-0.4, -0.2) is 9.97 Å². The third kappa shape index (κ3) is 2.31. The monoisotopic (exact) mass is 221 g/mol. The first kappa shape index (κ1) is 10.5. The number of rotatable bonds is 3. The lowest BCUT2D eigenvalue weighted by Crippen LogP contribution is -2.06. The molecule has 2 aromatic rings. The maximum Gasteiger partial charge on any atom is 0.149 e. The molecule has 5 heteroatoms. The fourth-order valence-electron chi connectivity index (χ4n) is 1.26. The molecule has 1 aromatic heterocycles. The van der Waals surface area contributed by atoms with Gasteiger partial charge in [-0.25, -0.2) is 18.7 Å². The summed E-state index contributed by atoms with van der Waals surface area (Å²) in [5, 5.41) is 2.62. The van der Waals surface area contributed by atoms with Crippen molar-refractivity contribution in [3.63, 3.8) is 0 Å². The van der Waals surface area contributed by atoms with Crippen molar-refractivity contribution in [2.75, 3.05) is 5.32 Å². The largest absolute Gasteiger partial charge is 0.373 e. The average Bonchev–Trinajstić information content (AvgIpc) is 2.30. The highest BCUT2D eigenvalue weighted by atomic mass is 19.1. The van der Waals surface area contributed by atoms with E-state index in [2.05, 4.69) is 15.3 Å². The highest BCUT2D eigenvalue weighted by Crippen LogP contribution is 2.18. The van der Waals surface area contributed by atoms with Crippen molar-refractivity contribution in [3.8, 4) is 0 Å². The van der Waals surface area contributed by atoms with Gasteiger partial charge in [-0.2, -0.15) is 0 Å². The van der Waals surface area contributed by atoms with Crippen LogP contribution in [0.15, 0.2) is 36.7 Å². The molecule has 1 aromatic carbocycles. The van der Waals surface area contributed by atoms with Crippen molar-refractivity contribution in [2.24, 2.45) is 0 Å². The summed E-state index contributed by atoms with van der Waals surface area (Å²) in [4.78, 5) is 7.87. The van der Waals surface area contributed by atoms with E-state index in [1.54, 1.807) is 18.5 Å². The van der Waals surface area contributed by atoms with Crippen LogP contribution in [0.2, 0.25) is 0 Å². The highest BCUT2D eigenvalue weighted by molar-refractivity contribution is 5.45. The number of benzene rings is 1. The van der Waals surface area contributed by atoms with E-state index in [1.165, 1.54) is 18.2 Å². The summed E-state index contributed by atoms with van der Waals surface area (Å²) >= 11 is 0. The SMILES string of the molecule is Fc1cccc(F)c1NCc1ncccn1. The van der Waals surface area contributed by atoms with Gasteiger partial charge in [-0.1, -0.05) is 6.07 Å². The molecule has 0 fully saturated rings. The Kier molecular flexibility index (Phi) is 3.05. The van der Waals surface area contributed by atoms with Crippen LogP contribution in [0.1, 0.15) is 5.82 Å². The van der Waals surface area contributed by atoms with Crippen molar-refractivity contribution in [1.82, 2.24) is 9.97 Å². The van der Waals surface area contributed by atoms with Gasteiger partial charge < -0.3 is 5.32 Å². The van der Waals surface area contributed by atoms with Crippen LogP contribution < -0.4 is 5.32 Å². The Hall–Kier alpha value is -2.04. The number of hydrogen-bond donors (Lipinski definition) is 1. The van der Waals surface area contributed by atoms with E-state index in [-0.39, 0.29) is 12.2 Å². The third-order valence-corrected chi connectivity index (χ3v) is 2.01. The number of nitrogens with one attached hydrogen (secondary N) is 1. The van der Waals surface area contributed by atoms with Crippen LogP contribution in [0.25, 0.3) is 0 Å². The molecule has 0 saturated heterocycles. The zero-order valence-electron chi connectivity index (χ0n) is 8.32. The summed E-state index contributed by atoms with van der Waals surface area (Å²) in [5.74, 6) is -0.781. The summed E-state index contributed by atoms with van der Waals surface area (Å²) in [5.41, 5.74) is -0.157. The summed E-state index contributed by atoms with van der Waals surface area (Å²) in [7, 11) is 0. The van der Waals surface area contributed by atoms with Crippen molar-refractivity contribution < 1.29 is 8.78 Å². The van der Waals surface area contributed by atoms with E-state index in [0.29, 0.717) is 5.82 Å². The lowest BCUT2D eigenvalue weighted by Gasteiger charge is -2.07.